The fraction of sp³-hybridized carbons (Fsp3) is 0.478. The predicted octanol–water partition coefficient (Wildman–Crippen LogP) is 2.14. The maximum absolute atomic E-state index is 9.88. The highest BCUT2D eigenvalue weighted by Gasteiger charge is 2.29. The Balaban J connectivity index is 1.54. The Kier molecular flexibility index (Phi) is 4.66. The van der Waals surface area contributed by atoms with E-state index in [0.29, 0.717) is 0 Å². The number of benzene rings is 1. The molecule has 2 aromatic heterocycles. The molecule has 0 amide bonds. The topological polar surface area (TPSA) is 60.1 Å². The van der Waals surface area contributed by atoms with E-state index in [1.165, 1.54) is 62.3 Å². The molecule has 0 spiro atoms. The number of imidazole rings is 1. The van der Waals surface area contributed by atoms with Gasteiger partial charge in [0.1, 0.15) is 35.8 Å². The summed E-state index contributed by atoms with van der Waals surface area (Å²) in [6.45, 7) is 4.76. The van der Waals surface area contributed by atoms with Gasteiger partial charge < -0.3 is 4.90 Å². The van der Waals surface area contributed by atoms with Gasteiger partial charge in [-0.1, -0.05) is 12.1 Å². The van der Waals surface area contributed by atoms with Crippen LogP contribution in [0.1, 0.15) is 48.8 Å². The van der Waals surface area contributed by atoms with Crippen molar-refractivity contribution in [3.05, 3.63) is 41.0 Å². The first-order valence-corrected chi connectivity index (χ1v) is 10.8. The molecule has 1 saturated heterocycles. The van der Waals surface area contributed by atoms with Crippen LogP contribution in [0.2, 0.25) is 0 Å². The third kappa shape index (κ3) is 2.93. The molecule has 0 atom stereocenters. The first kappa shape index (κ1) is 17.5. The first-order valence-electron chi connectivity index (χ1n) is 10.8. The van der Waals surface area contributed by atoms with E-state index in [0.717, 1.165) is 48.1 Å². The molecule has 0 unspecified atom stereocenters. The monoisotopic (exact) mass is 375 g/mol. The zero-order valence-electron chi connectivity index (χ0n) is 16.5. The van der Waals surface area contributed by atoms with Gasteiger partial charge in [0, 0.05) is 5.56 Å². The number of anilines is 1. The Bertz CT molecular complexity index is 1050. The van der Waals surface area contributed by atoms with Crippen molar-refractivity contribution in [1.82, 2.24) is 4.98 Å². The summed E-state index contributed by atoms with van der Waals surface area (Å²) in [5.74, 6) is 1.20. The Morgan fingerprint density at radius 2 is 1.82 bits per heavy atom. The Morgan fingerprint density at radius 3 is 2.64 bits per heavy atom. The third-order valence-electron chi connectivity index (χ3n) is 6.58. The first-order chi connectivity index (χ1) is 13.9. The maximum atomic E-state index is 9.88. The summed E-state index contributed by atoms with van der Waals surface area (Å²) in [7, 11) is 0. The van der Waals surface area contributed by atoms with E-state index in [2.05, 4.69) is 39.0 Å². The smallest absolute Gasteiger partial charge is 0.250 e. The molecule has 0 bridgehead atoms. The van der Waals surface area contributed by atoms with Gasteiger partial charge >= 0.3 is 0 Å². The summed E-state index contributed by atoms with van der Waals surface area (Å²) in [4.78, 5) is 5.24. The van der Waals surface area contributed by atoms with E-state index in [4.69, 9.17) is 0 Å². The number of likely N-dealkylation sites (tertiary alicyclic amines) is 1. The van der Waals surface area contributed by atoms with Gasteiger partial charge in [-0.15, -0.1) is 0 Å². The van der Waals surface area contributed by atoms with E-state index >= 15 is 0 Å². The molecule has 5 nitrogen and oxygen atoms in total. The lowest BCUT2D eigenvalue weighted by molar-refractivity contribution is -0.897. The van der Waals surface area contributed by atoms with Crippen molar-refractivity contribution in [3.63, 3.8) is 0 Å². The summed E-state index contributed by atoms with van der Waals surface area (Å²) in [6, 6.07) is 10.9. The zero-order valence-corrected chi connectivity index (χ0v) is 16.5. The second kappa shape index (κ2) is 7.44. The average molecular weight is 376 g/mol. The molecule has 1 aliphatic carbocycles. The minimum absolute atomic E-state index is 0.826. The van der Waals surface area contributed by atoms with Gasteiger partial charge in [-0.2, -0.15) is 9.66 Å². The highest BCUT2D eigenvalue weighted by atomic mass is 15.2. The Labute approximate surface area is 166 Å². The molecule has 3 heterocycles. The third-order valence-corrected chi connectivity index (χ3v) is 6.58. The van der Waals surface area contributed by atoms with Crippen molar-refractivity contribution in [2.24, 2.45) is 0 Å². The molecule has 2 aliphatic rings. The number of hydrogen-bond donors (Lipinski definition) is 3. The van der Waals surface area contributed by atoms with Gasteiger partial charge in [-0.25, -0.2) is 0 Å². The summed E-state index contributed by atoms with van der Waals surface area (Å²) in [5, 5.41) is 13.7. The standard InChI is InChI=1S/C23H27N5/c24-16-19-17-8-7-9-18(17)22(25-12-15-27-13-5-1-2-6-14-27)28-21-11-4-3-10-20(21)26-23(19)28/h3-4,10-11H,1-2,5-9,12-15H2,(H,25,26)/p+2. The van der Waals surface area contributed by atoms with Crippen molar-refractivity contribution >= 4 is 22.5 Å². The maximum Gasteiger partial charge on any atom is 0.250 e. The van der Waals surface area contributed by atoms with E-state index in [1.807, 2.05) is 6.07 Å². The lowest BCUT2D eigenvalue weighted by Gasteiger charge is -2.17. The molecule has 1 aromatic carbocycles. The second-order valence-corrected chi connectivity index (χ2v) is 8.31. The number of nitrogens with one attached hydrogen (secondary N) is 3. The molecule has 5 heteroatoms. The van der Waals surface area contributed by atoms with Crippen molar-refractivity contribution in [1.29, 1.82) is 5.26 Å². The fourth-order valence-electron chi connectivity index (χ4n) is 5.19. The average Bonchev–Trinajstić information content (AvgIpc) is 3.26. The van der Waals surface area contributed by atoms with Gasteiger partial charge in [0.05, 0.1) is 13.1 Å². The number of pyridine rings is 1. The van der Waals surface area contributed by atoms with E-state index < -0.39 is 0 Å². The van der Waals surface area contributed by atoms with Crippen molar-refractivity contribution < 1.29 is 9.30 Å². The second-order valence-electron chi connectivity index (χ2n) is 8.31. The number of para-hydroxylation sites is 2. The van der Waals surface area contributed by atoms with Crippen LogP contribution >= 0.6 is 0 Å². The molecular formula is C23H29N5+2. The van der Waals surface area contributed by atoms with E-state index in [-0.39, 0.29) is 0 Å². The van der Waals surface area contributed by atoms with Gasteiger partial charge in [0.2, 0.25) is 11.5 Å². The summed E-state index contributed by atoms with van der Waals surface area (Å²) in [6.07, 6.45) is 8.73. The van der Waals surface area contributed by atoms with Crippen LogP contribution in [0.25, 0.3) is 16.7 Å². The lowest BCUT2D eigenvalue weighted by Crippen LogP contribution is -3.12. The van der Waals surface area contributed by atoms with Gasteiger partial charge in [-0.3, -0.25) is 10.3 Å². The summed E-state index contributed by atoms with van der Waals surface area (Å²) in [5.41, 5.74) is 6.60. The fourth-order valence-corrected chi connectivity index (χ4v) is 5.19. The van der Waals surface area contributed by atoms with Crippen molar-refractivity contribution in [2.45, 2.75) is 44.9 Å². The molecule has 1 aliphatic heterocycles. The van der Waals surface area contributed by atoms with Crippen LogP contribution in [-0.4, -0.2) is 31.2 Å². The van der Waals surface area contributed by atoms with Crippen molar-refractivity contribution in [3.8, 4) is 6.07 Å². The minimum Gasteiger partial charge on any atom is -0.332 e. The number of aromatic amines is 1. The van der Waals surface area contributed by atoms with Crippen molar-refractivity contribution in [2.75, 3.05) is 31.5 Å². The van der Waals surface area contributed by atoms with Crippen LogP contribution in [0.5, 0.6) is 0 Å². The van der Waals surface area contributed by atoms with E-state index in [9.17, 15) is 5.26 Å². The molecule has 3 aromatic rings. The number of fused-ring (bicyclic) bond motifs is 4. The number of rotatable bonds is 4. The van der Waals surface area contributed by atoms with Crippen LogP contribution in [0.15, 0.2) is 24.3 Å². The molecule has 1 fully saturated rings. The largest absolute Gasteiger partial charge is 0.332 e. The number of aromatic nitrogens is 2. The SMILES string of the molecule is N#Cc1c2c(c(NCC[NH+]3CCCCCC3)[n+]3c1[nH]c1ccccc13)CCC2. The number of hydrogen-bond acceptors (Lipinski definition) is 2. The van der Waals surface area contributed by atoms with E-state index in [1.54, 1.807) is 4.90 Å². The van der Waals surface area contributed by atoms with Gasteiger partial charge in [-0.05, 0) is 62.6 Å². The van der Waals surface area contributed by atoms with Crippen LogP contribution in [0.4, 0.5) is 5.82 Å². The molecular weight excluding hydrogens is 346 g/mol. The molecule has 3 N–H and O–H groups in total. The molecule has 0 radical (unpaired) electrons. The number of quaternary nitrogens is 1. The Hall–Kier alpha value is -2.58. The van der Waals surface area contributed by atoms with Gasteiger partial charge in [0.15, 0.2) is 0 Å². The normalized spacial score (nSPS) is 17.5. The lowest BCUT2D eigenvalue weighted by atomic mass is 10.1. The summed E-state index contributed by atoms with van der Waals surface area (Å²) < 4.78 is 2.26. The Morgan fingerprint density at radius 1 is 1.04 bits per heavy atom. The van der Waals surface area contributed by atoms with Crippen LogP contribution in [0.3, 0.4) is 0 Å². The number of nitriles is 1. The quantitative estimate of drug-likeness (QED) is 0.612. The number of H-pyrrole nitrogens is 1. The predicted molar refractivity (Wildman–Crippen MR) is 111 cm³/mol. The van der Waals surface area contributed by atoms with Crippen LogP contribution in [-0.2, 0) is 12.8 Å². The van der Waals surface area contributed by atoms with Crippen LogP contribution in [0, 0.1) is 11.3 Å². The molecule has 0 saturated carbocycles. The number of nitrogens with zero attached hydrogens (tertiary/aromatic N) is 2. The van der Waals surface area contributed by atoms with Crippen LogP contribution < -0.4 is 14.6 Å². The molecule has 28 heavy (non-hydrogen) atoms. The zero-order chi connectivity index (χ0) is 18.9. The highest BCUT2D eigenvalue weighted by molar-refractivity contribution is 5.78. The molecule has 5 rings (SSSR count). The summed E-state index contributed by atoms with van der Waals surface area (Å²) >= 11 is 0. The molecule has 144 valence electrons. The minimum atomic E-state index is 0.826. The van der Waals surface area contributed by atoms with Gasteiger partial charge in [0.25, 0.3) is 0 Å². The highest BCUT2D eigenvalue weighted by Crippen LogP contribution is 2.32.